The van der Waals surface area contributed by atoms with Crippen LogP contribution in [0.2, 0.25) is 0 Å². The third-order valence-electron chi connectivity index (χ3n) is 4.04. The molecular formula is C15H24N2S3. The van der Waals surface area contributed by atoms with Crippen molar-refractivity contribution >= 4 is 34.9 Å². The fourth-order valence-corrected chi connectivity index (χ4v) is 7.31. The first-order valence-corrected chi connectivity index (χ1v) is 10.7. The summed E-state index contributed by atoms with van der Waals surface area (Å²) in [6, 6.07) is 0.514. The highest BCUT2D eigenvalue weighted by Crippen LogP contribution is 2.45. The summed E-state index contributed by atoms with van der Waals surface area (Å²) in [6.07, 6.45) is 5.03. The molecule has 1 saturated heterocycles. The van der Waals surface area contributed by atoms with Crippen LogP contribution in [0.15, 0.2) is 0 Å². The predicted molar refractivity (Wildman–Crippen MR) is 93.2 cm³/mol. The van der Waals surface area contributed by atoms with Gasteiger partial charge in [-0.05, 0) is 32.2 Å². The molecule has 5 heteroatoms. The molecule has 112 valence electrons. The number of nitrogens with one attached hydrogen (secondary N) is 1. The van der Waals surface area contributed by atoms with Gasteiger partial charge >= 0.3 is 0 Å². The van der Waals surface area contributed by atoms with Crippen molar-refractivity contribution in [1.29, 1.82) is 0 Å². The van der Waals surface area contributed by atoms with Crippen LogP contribution >= 0.6 is 34.9 Å². The van der Waals surface area contributed by atoms with Gasteiger partial charge in [-0.1, -0.05) is 13.8 Å². The van der Waals surface area contributed by atoms with Gasteiger partial charge < -0.3 is 5.32 Å². The van der Waals surface area contributed by atoms with Gasteiger partial charge in [-0.3, -0.25) is 0 Å². The molecule has 0 aromatic carbocycles. The Labute approximate surface area is 134 Å². The molecule has 20 heavy (non-hydrogen) atoms. The van der Waals surface area contributed by atoms with E-state index in [9.17, 15) is 0 Å². The maximum absolute atomic E-state index is 5.08. The van der Waals surface area contributed by atoms with E-state index in [0.29, 0.717) is 16.5 Å². The molecule has 0 amide bonds. The Morgan fingerprint density at radius 1 is 1.30 bits per heavy atom. The molecule has 1 aromatic heterocycles. The van der Waals surface area contributed by atoms with Crippen LogP contribution in [0.5, 0.6) is 0 Å². The monoisotopic (exact) mass is 328 g/mol. The van der Waals surface area contributed by atoms with Crippen molar-refractivity contribution in [2.75, 3.05) is 18.1 Å². The summed E-state index contributed by atoms with van der Waals surface area (Å²) in [5, 5.41) is 6.41. The summed E-state index contributed by atoms with van der Waals surface area (Å²) in [6.45, 7) is 5.72. The van der Waals surface area contributed by atoms with E-state index in [1.807, 2.05) is 11.3 Å². The normalized spacial score (nSPS) is 30.2. The van der Waals surface area contributed by atoms with Gasteiger partial charge in [-0.15, -0.1) is 23.1 Å². The summed E-state index contributed by atoms with van der Waals surface area (Å²) >= 11 is 6.22. The topological polar surface area (TPSA) is 24.9 Å². The second-order valence-corrected chi connectivity index (χ2v) is 9.48. The Morgan fingerprint density at radius 2 is 2.15 bits per heavy atom. The number of hydrogen-bond acceptors (Lipinski definition) is 5. The van der Waals surface area contributed by atoms with Gasteiger partial charge in [0, 0.05) is 21.6 Å². The number of thioether (sulfide) groups is 2. The number of thiazole rings is 1. The van der Waals surface area contributed by atoms with Crippen LogP contribution in [0.1, 0.15) is 60.0 Å². The van der Waals surface area contributed by atoms with Gasteiger partial charge in [0.2, 0.25) is 0 Å². The van der Waals surface area contributed by atoms with Crippen LogP contribution in [-0.4, -0.2) is 28.3 Å². The molecule has 1 aliphatic carbocycles. The van der Waals surface area contributed by atoms with Gasteiger partial charge in [0.1, 0.15) is 5.01 Å². The van der Waals surface area contributed by atoms with E-state index in [1.165, 1.54) is 47.9 Å². The van der Waals surface area contributed by atoms with E-state index in [-0.39, 0.29) is 0 Å². The number of fused-ring (bicyclic) bond motifs is 1. The largest absolute Gasteiger partial charge is 0.309 e. The summed E-state index contributed by atoms with van der Waals surface area (Å²) < 4.78 is 0. The Morgan fingerprint density at radius 3 is 2.95 bits per heavy atom. The first kappa shape index (κ1) is 15.2. The zero-order valence-electron chi connectivity index (χ0n) is 12.4. The van der Waals surface area contributed by atoms with Crippen molar-refractivity contribution in [1.82, 2.24) is 10.3 Å². The molecule has 1 aromatic rings. The van der Waals surface area contributed by atoms with Crippen molar-refractivity contribution in [3.63, 3.8) is 0 Å². The minimum atomic E-state index is 0.514. The van der Waals surface area contributed by atoms with Crippen LogP contribution in [0.3, 0.4) is 0 Å². The molecule has 2 nitrogen and oxygen atoms in total. The van der Waals surface area contributed by atoms with Crippen molar-refractivity contribution in [2.24, 2.45) is 0 Å². The molecule has 0 bridgehead atoms. The number of rotatable bonds is 4. The SMILES string of the molecule is CCCNC1CCCc2sc(C3SCCSC3C)nc21. The van der Waals surface area contributed by atoms with E-state index in [0.717, 1.165) is 6.54 Å². The Kier molecular flexibility index (Phi) is 5.34. The lowest BCUT2D eigenvalue weighted by atomic mass is 9.97. The van der Waals surface area contributed by atoms with Crippen molar-refractivity contribution in [2.45, 2.75) is 56.1 Å². The number of hydrogen-bond donors (Lipinski definition) is 1. The zero-order chi connectivity index (χ0) is 13.9. The molecule has 1 aliphatic heterocycles. The maximum Gasteiger partial charge on any atom is 0.107 e. The van der Waals surface area contributed by atoms with Crippen LogP contribution in [0.4, 0.5) is 0 Å². The van der Waals surface area contributed by atoms with Gasteiger partial charge in [0.15, 0.2) is 0 Å². The van der Waals surface area contributed by atoms with Gasteiger partial charge in [0.25, 0.3) is 0 Å². The lowest BCUT2D eigenvalue weighted by Crippen LogP contribution is -2.25. The van der Waals surface area contributed by atoms with Crippen molar-refractivity contribution in [3.05, 3.63) is 15.6 Å². The highest BCUT2D eigenvalue weighted by atomic mass is 32.2. The van der Waals surface area contributed by atoms with Crippen LogP contribution < -0.4 is 5.32 Å². The standard InChI is InChI=1S/C15H24N2S3/c1-3-7-16-11-5-4-6-12-13(11)17-15(20-12)14-10(2)18-8-9-19-14/h10-11,14,16H,3-9H2,1-2H3. The molecule has 0 radical (unpaired) electrons. The molecular weight excluding hydrogens is 304 g/mol. The quantitative estimate of drug-likeness (QED) is 0.884. The van der Waals surface area contributed by atoms with Gasteiger partial charge in [-0.2, -0.15) is 11.8 Å². The summed E-state index contributed by atoms with van der Waals surface area (Å²) in [4.78, 5) is 6.64. The maximum atomic E-state index is 5.08. The molecule has 1 fully saturated rings. The molecule has 2 aliphatic rings. The van der Waals surface area contributed by atoms with E-state index >= 15 is 0 Å². The number of aromatic nitrogens is 1. The van der Waals surface area contributed by atoms with E-state index in [4.69, 9.17) is 4.98 Å². The highest BCUT2D eigenvalue weighted by molar-refractivity contribution is 8.06. The lowest BCUT2D eigenvalue weighted by molar-refractivity contribution is 0.453. The number of aryl methyl sites for hydroxylation is 1. The first-order valence-electron chi connectivity index (χ1n) is 7.75. The van der Waals surface area contributed by atoms with Crippen molar-refractivity contribution in [3.8, 4) is 0 Å². The van der Waals surface area contributed by atoms with Crippen LogP contribution in [-0.2, 0) is 6.42 Å². The molecule has 0 spiro atoms. The summed E-state index contributed by atoms with van der Waals surface area (Å²) in [5.41, 5.74) is 1.38. The van der Waals surface area contributed by atoms with Crippen molar-refractivity contribution < 1.29 is 0 Å². The van der Waals surface area contributed by atoms with E-state index in [1.54, 1.807) is 4.88 Å². The fraction of sp³-hybridized carbons (Fsp3) is 0.800. The third-order valence-corrected chi connectivity index (χ3v) is 8.50. The predicted octanol–water partition coefficient (Wildman–Crippen LogP) is 4.43. The van der Waals surface area contributed by atoms with E-state index < -0.39 is 0 Å². The van der Waals surface area contributed by atoms with Crippen LogP contribution in [0, 0.1) is 0 Å². The third kappa shape index (κ3) is 3.21. The number of nitrogens with zero attached hydrogens (tertiary/aromatic N) is 1. The molecule has 1 N–H and O–H groups in total. The Balaban J connectivity index is 1.79. The second-order valence-electron chi connectivity index (χ2n) is 5.63. The molecule has 2 heterocycles. The first-order chi connectivity index (χ1) is 9.79. The second kappa shape index (κ2) is 7.03. The lowest BCUT2D eigenvalue weighted by Gasteiger charge is -2.26. The molecule has 3 unspecified atom stereocenters. The van der Waals surface area contributed by atoms with Gasteiger partial charge in [-0.25, -0.2) is 4.98 Å². The van der Waals surface area contributed by atoms with Gasteiger partial charge in [0.05, 0.1) is 17.0 Å². The zero-order valence-corrected chi connectivity index (χ0v) is 14.8. The minimum absolute atomic E-state index is 0.514. The summed E-state index contributed by atoms with van der Waals surface area (Å²) in [7, 11) is 0. The smallest absolute Gasteiger partial charge is 0.107 e. The fourth-order valence-electron chi connectivity index (χ4n) is 2.98. The molecule has 3 rings (SSSR count). The average Bonchev–Trinajstić information content (AvgIpc) is 2.89. The van der Waals surface area contributed by atoms with Crippen LogP contribution in [0.25, 0.3) is 0 Å². The molecule has 3 atom stereocenters. The highest BCUT2D eigenvalue weighted by Gasteiger charge is 2.31. The molecule has 0 saturated carbocycles. The average molecular weight is 329 g/mol. The van der Waals surface area contributed by atoms with E-state index in [2.05, 4.69) is 42.7 Å². The Bertz CT molecular complexity index is 446. The Hall–Kier alpha value is 0.290. The summed E-state index contributed by atoms with van der Waals surface area (Å²) in [5.74, 6) is 2.58. The minimum Gasteiger partial charge on any atom is -0.309 e.